The SMILES string of the molecule is CN(C)CCCN(C)CC1CC(O)C1. The summed E-state index contributed by atoms with van der Waals surface area (Å²) in [6.07, 6.45) is 3.25. The maximum atomic E-state index is 9.15. The van der Waals surface area contributed by atoms with Gasteiger partial charge in [0.15, 0.2) is 0 Å². The molecule has 0 bridgehead atoms. The Kier molecular flexibility index (Phi) is 4.85. The first-order valence-electron chi connectivity index (χ1n) is 5.59. The number of aliphatic hydroxyl groups excluding tert-OH is 1. The highest BCUT2D eigenvalue weighted by molar-refractivity contribution is 4.80. The van der Waals surface area contributed by atoms with Gasteiger partial charge in [0, 0.05) is 6.54 Å². The van der Waals surface area contributed by atoms with E-state index in [9.17, 15) is 0 Å². The Labute approximate surface area is 87.7 Å². The second-order valence-electron chi connectivity index (χ2n) is 4.91. The van der Waals surface area contributed by atoms with Crippen LogP contribution in [0, 0.1) is 5.92 Å². The topological polar surface area (TPSA) is 26.7 Å². The molecule has 3 nitrogen and oxygen atoms in total. The predicted molar refractivity (Wildman–Crippen MR) is 59.4 cm³/mol. The molecule has 0 heterocycles. The fourth-order valence-electron chi connectivity index (χ4n) is 2.04. The third kappa shape index (κ3) is 4.40. The second kappa shape index (κ2) is 5.69. The van der Waals surface area contributed by atoms with Gasteiger partial charge >= 0.3 is 0 Å². The number of hydrogen-bond donors (Lipinski definition) is 1. The van der Waals surface area contributed by atoms with Crippen LogP contribution in [0.15, 0.2) is 0 Å². The molecule has 0 radical (unpaired) electrons. The first kappa shape index (κ1) is 12.0. The van der Waals surface area contributed by atoms with Gasteiger partial charge in [-0.25, -0.2) is 0 Å². The van der Waals surface area contributed by atoms with Crippen LogP contribution in [0.1, 0.15) is 19.3 Å². The molecule has 0 aromatic rings. The quantitative estimate of drug-likeness (QED) is 0.681. The molecule has 1 aliphatic carbocycles. The van der Waals surface area contributed by atoms with E-state index >= 15 is 0 Å². The van der Waals surface area contributed by atoms with E-state index in [0.717, 1.165) is 31.8 Å². The Bertz CT molecular complexity index is 155. The Balaban J connectivity index is 1.96. The lowest BCUT2D eigenvalue weighted by molar-refractivity contribution is 0.0281. The molecular formula is C11H24N2O. The molecule has 0 aromatic carbocycles. The zero-order chi connectivity index (χ0) is 10.6. The van der Waals surface area contributed by atoms with Crippen molar-refractivity contribution < 1.29 is 5.11 Å². The van der Waals surface area contributed by atoms with E-state index < -0.39 is 0 Å². The Morgan fingerprint density at radius 2 is 1.79 bits per heavy atom. The monoisotopic (exact) mass is 200 g/mol. The summed E-state index contributed by atoms with van der Waals surface area (Å²) >= 11 is 0. The summed E-state index contributed by atoms with van der Waals surface area (Å²) in [6.45, 7) is 3.49. The highest BCUT2D eigenvalue weighted by Gasteiger charge is 2.27. The van der Waals surface area contributed by atoms with Crippen LogP contribution in [0.3, 0.4) is 0 Å². The van der Waals surface area contributed by atoms with Crippen LogP contribution in [0.25, 0.3) is 0 Å². The summed E-state index contributed by atoms with van der Waals surface area (Å²) in [5, 5.41) is 9.15. The molecule has 0 atom stereocenters. The standard InChI is InChI=1S/C11H24N2O/c1-12(2)5-4-6-13(3)9-10-7-11(14)8-10/h10-11,14H,4-9H2,1-3H3. The lowest BCUT2D eigenvalue weighted by Crippen LogP contribution is -2.37. The summed E-state index contributed by atoms with van der Waals surface area (Å²) in [5.74, 6) is 0.745. The summed E-state index contributed by atoms with van der Waals surface area (Å²) in [7, 11) is 6.41. The maximum absolute atomic E-state index is 9.15. The number of nitrogens with zero attached hydrogens (tertiary/aromatic N) is 2. The van der Waals surface area contributed by atoms with Crippen LogP contribution in [-0.2, 0) is 0 Å². The minimum absolute atomic E-state index is 0.00447. The van der Waals surface area contributed by atoms with Gasteiger partial charge in [-0.1, -0.05) is 0 Å². The van der Waals surface area contributed by atoms with Gasteiger partial charge in [-0.05, 0) is 59.4 Å². The van der Waals surface area contributed by atoms with Crippen molar-refractivity contribution in [1.29, 1.82) is 0 Å². The number of hydrogen-bond acceptors (Lipinski definition) is 3. The maximum Gasteiger partial charge on any atom is 0.0546 e. The highest BCUT2D eigenvalue weighted by atomic mass is 16.3. The van der Waals surface area contributed by atoms with Gasteiger partial charge in [0.25, 0.3) is 0 Å². The van der Waals surface area contributed by atoms with Gasteiger partial charge in [-0.15, -0.1) is 0 Å². The minimum atomic E-state index is -0.00447. The lowest BCUT2D eigenvalue weighted by Gasteiger charge is -2.34. The molecule has 3 heteroatoms. The average molecular weight is 200 g/mol. The first-order chi connectivity index (χ1) is 6.58. The average Bonchev–Trinajstić information content (AvgIpc) is 2.00. The molecule has 14 heavy (non-hydrogen) atoms. The van der Waals surface area contributed by atoms with Crippen molar-refractivity contribution in [1.82, 2.24) is 9.80 Å². The van der Waals surface area contributed by atoms with Gasteiger partial charge in [-0.2, -0.15) is 0 Å². The van der Waals surface area contributed by atoms with E-state index in [2.05, 4.69) is 30.9 Å². The Morgan fingerprint density at radius 1 is 1.14 bits per heavy atom. The van der Waals surface area contributed by atoms with E-state index in [1.54, 1.807) is 0 Å². The molecule has 1 N–H and O–H groups in total. The van der Waals surface area contributed by atoms with Crippen LogP contribution < -0.4 is 0 Å². The lowest BCUT2D eigenvalue weighted by atomic mass is 9.82. The third-order valence-electron chi connectivity index (χ3n) is 2.93. The van der Waals surface area contributed by atoms with Gasteiger partial charge in [0.2, 0.25) is 0 Å². The number of aliphatic hydroxyl groups is 1. The van der Waals surface area contributed by atoms with Crippen LogP contribution in [0.2, 0.25) is 0 Å². The second-order valence-corrected chi connectivity index (χ2v) is 4.91. The van der Waals surface area contributed by atoms with Crippen LogP contribution in [0.5, 0.6) is 0 Å². The summed E-state index contributed by atoms with van der Waals surface area (Å²) in [5.41, 5.74) is 0. The normalized spacial score (nSPS) is 27.0. The van der Waals surface area contributed by atoms with Crippen molar-refractivity contribution in [2.75, 3.05) is 40.8 Å². The van der Waals surface area contributed by atoms with Gasteiger partial charge in [0.05, 0.1) is 6.10 Å². The van der Waals surface area contributed by atoms with E-state index in [1.807, 2.05) is 0 Å². The smallest absolute Gasteiger partial charge is 0.0546 e. The zero-order valence-corrected chi connectivity index (χ0v) is 9.74. The summed E-state index contributed by atoms with van der Waals surface area (Å²) in [4.78, 5) is 4.61. The first-order valence-corrected chi connectivity index (χ1v) is 5.59. The van der Waals surface area contributed by atoms with E-state index in [4.69, 9.17) is 5.11 Å². The van der Waals surface area contributed by atoms with E-state index in [0.29, 0.717) is 0 Å². The van der Waals surface area contributed by atoms with Crippen molar-refractivity contribution >= 4 is 0 Å². The van der Waals surface area contributed by atoms with Crippen molar-refractivity contribution in [3.63, 3.8) is 0 Å². The Hall–Kier alpha value is -0.120. The van der Waals surface area contributed by atoms with Crippen LogP contribution >= 0.6 is 0 Å². The van der Waals surface area contributed by atoms with Gasteiger partial charge in [0.1, 0.15) is 0 Å². The molecular weight excluding hydrogens is 176 g/mol. The molecule has 84 valence electrons. The molecule has 0 amide bonds. The molecule has 0 saturated heterocycles. The molecule has 0 spiro atoms. The molecule has 0 aromatic heterocycles. The fraction of sp³-hybridized carbons (Fsp3) is 1.00. The molecule has 0 aliphatic heterocycles. The fourth-order valence-corrected chi connectivity index (χ4v) is 2.04. The molecule has 1 saturated carbocycles. The number of rotatable bonds is 6. The zero-order valence-electron chi connectivity index (χ0n) is 9.74. The van der Waals surface area contributed by atoms with Gasteiger partial charge in [-0.3, -0.25) is 0 Å². The van der Waals surface area contributed by atoms with Crippen LogP contribution in [0.4, 0.5) is 0 Å². The molecule has 1 aliphatic rings. The van der Waals surface area contributed by atoms with Crippen molar-refractivity contribution in [2.45, 2.75) is 25.4 Å². The van der Waals surface area contributed by atoms with Gasteiger partial charge < -0.3 is 14.9 Å². The molecule has 1 fully saturated rings. The van der Waals surface area contributed by atoms with E-state index in [1.165, 1.54) is 13.0 Å². The largest absolute Gasteiger partial charge is 0.393 e. The van der Waals surface area contributed by atoms with Crippen molar-refractivity contribution in [2.24, 2.45) is 5.92 Å². The minimum Gasteiger partial charge on any atom is -0.393 e. The summed E-state index contributed by atoms with van der Waals surface area (Å²) in [6, 6.07) is 0. The third-order valence-corrected chi connectivity index (χ3v) is 2.93. The molecule has 1 rings (SSSR count). The Morgan fingerprint density at radius 3 is 2.29 bits per heavy atom. The van der Waals surface area contributed by atoms with Crippen molar-refractivity contribution in [3.05, 3.63) is 0 Å². The van der Waals surface area contributed by atoms with Crippen molar-refractivity contribution in [3.8, 4) is 0 Å². The van der Waals surface area contributed by atoms with E-state index in [-0.39, 0.29) is 6.10 Å². The predicted octanol–water partition coefficient (Wildman–Crippen LogP) is 0.641. The molecule has 0 unspecified atom stereocenters. The summed E-state index contributed by atoms with van der Waals surface area (Å²) < 4.78 is 0. The highest BCUT2D eigenvalue weighted by Crippen LogP contribution is 2.27. The van der Waals surface area contributed by atoms with Crippen LogP contribution in [-0.4, -0.2) is 61.8 Å².